The van der Waals surface area contributed by atoms with Gasteiger partial charge in [0.25, 0.3) is 5.91 Å². The summed E-state index contributed by atoms with van der Waals surface area (Å²) in [5.74, 6) is -0.506. The lowest BCUT2D eigenvalue weighted by molar-refractivity contribution is -0.119. The predicted molar refractivity (Wildman–Crippen MR) is 120 cm³/mol. The SMILES string of the molecule is NC(=O)CN1CCC(NC(=O)c2cc(-c3ccc(Cl)cc3)nn2-c2ccccc2)CC1. The van der Waals surface area contributed by atoms with Crippen LogP contribution in [-0.4, -0.2) is 52.2 Å². The predicted octanol–water partition coefficient (Wildman–Crippen LogP) is 2.87. The van der Waals surface area contributed by atoms with Crippen LogP contribution < -0.4 is 11.1 Å². The van der Waals surface area contributed by atoms with Crippen molar-refractivity contribution in [3.05, 3.63) is 71.4 Å². The normalized spacial score (nSPS) is 15.0. The van der Waals surface area contributed by atoms with Gasteiger partial charge in [-0.2, -0.15) is 5.10 Å². The third-order valence-electron chi connectivity index (χ3n) is 5.38. The molecule has 4 rings (SSSR count). The first-order valence-electron chi connectivity index (χ1n) is 10.2. The number of amides is 2. The average molecular weight is 438 g/mol. The topological polar surface area (TPSA) is 93.2 Å². The largest absolute Gasteiger partial charge is 0.369 e. The number of nitrogens with zero attached hydrogens (tertiary/aromatic N) is 3. The van der Waals surface area contributed by atoms with Crippen molar-refractivity contribution in [3.8, 4) is 16.9 Å². The molecule has 2 amide bonds. The summed E-state index contributed by atoms with van der Waals surface area (Å²) in [5, 5.41) is 8.47. The van der Waals surface area contributed by atoms with Crippen LogP contribution in [0.5, 0.6) is 0 Å². The lowest BCUT2D eigenvalue weighted by Gasteiger charge is -2.31. The maximum Gasteiger partial charge on any atom is 0.270 e. The summed E-state index contributed by atoms with van der Waals surface area (Å²) in [6.07, 6.45) is 1.53. The molecule has 0 saturated carbocycles. The number of hydrogen-bond donors (Lipinski definition) is 2. The molecule has 1 aliphatic heterocycles. The number of carbonyl (C=O) groups is 2. The highest BCUT2D eigenvalue weighted by Crippen LogP contribution is 2.24. The van der Waals surface area contributed by atoms with Crippen molar-refractivity contribution in [2.24, 2.45) is 5.73 Å². The van der Waals surface area contributed by atoms with Gasteiger partial charge >= 0.3 is 0 Å². The maximum atomic E-state index is 13.2. The minimum absolute atomic E-state index is 0.0368. The molecule has 2 heterocycles. The van der Waals surface area contributed by atoms with Crippen LogP contribution in [0.3, 0.4) is 0 Å². The van der Waals surface area contributed by atoms with E-state index in [2.05, 4.69) is 5.32 Å². The Morgan fingerprint density at radius 1 is 1.06 bits per heavy atom. The fourth-order valence-corrected chi connectivity index (χ4v) is 3.91. The number of primary amides is 1. The minimum Gasteiger partial charge on any atom is -0.369 e. The van der Waals surface area contributed by atoms with Gasteiger partial charge in [0, 0.05) is 29.7 Å². The second-order valence-corrected chi connectivity index (χ2v) is 8.10. The number of nitrogens with one attached hydrogen (secondary N) is 1. The third kappa shape index (κ3) is 5.13. The van der Waals surface area contributed by atoms with Gasteiger partial charge in [-0.3, -0.25) is 14.5 Å². The molecule has 0 aliphatic carbocycles. The van der Waals surface area contributed by atoms with E-state index in [1.54, 1.807) is 22.9 Å². The van der Waals surface area contributed by atoms with Gasteiger partial charge in [-0.1, -0.05) is 41.9 Å². The molecule has 1 aromatic heterocycles. The van der Waals surface area contributed by atoms with Crippen molar-refractivity contribution in [2.75, 3.05) is 19.6 Å². The number of para-hydroxylation sites is 1. The Labute approximate surface area is 185 Å². The van der Waals surface area contributed by atoms with E-state index in [4.69, 9.17) is 22.4 Å². The van der Waals surface area contributed by atoms with Crippen LogP contribution >= 0.6 is 11.6 Å². The van der Waals surface area contributed by atoms with E-state index in [-0.39, 0.29) is 24.4 Å². The summed E-state index contributed by atoms with van der Waals surface area (Å²) in [6.45, 7) is 1.70. The molecule has 0 atom stereocenters. The van der Waals surface area contributed by atoms with Crippen LogP contribution in [0.4, 0.5) is 0 Å². The van der Waals surface area contributed by atoms with Crippen molar-refractivity contribution in [1.29, 1.82) is 0 Å². The van der Waals surface area contributed by atoms with Crippen molar-refractivity contribution in [3.63, 3.8) is 0 Å². The highest BCUT2D eigenvalue weighted by atomic mass is 35.5. The van der Waals surface area contributed by atoms with Crippen molar-refractivity contribution in [1.82, 2.24) is 20.0 Å². The van der Waals surface area contributed by atoms with E-state index in [1.807, 2.05) is 47.4 Å². The van der Waals surface area contributed by atoms with Crippen LogP contribution in [0.1, 0.15) is 23.3 Å². The van der Waals surface area contributed by atoms with E-state index in [0.29, 0.717) is 16.4 Å². The van der Waals surface area contributed by atoms with Crippen molar-refractivity contribution < 1.29 is 9.59 Å². The Hall–Kier alpha value is -3.16. The molecule has 2 aromatic carbocycles. The minimum atomic E-state index is -0.330. The second-order valence-electron chi connectivity index (χ2n) is 7.66. The number of halogens is 1. The van der Waals surface area contributed by atoms with E-state index in [1.165, 1.54) is 0 Å². The Kier molecular flexibility index (Phi) is 6.34. The van der Waals surface area contributed by atoms with Gasteiger partial charge in [0.2, 0.25) is 5.91 Å². The molecule has 7 nitrogen and oxygen atoms in total. The molecular weight excluding hydrogens is 414 g/mol. The molecule has 1 aliphatic rings. The van der Waals surface area contributed by atoms with Crippen LogP contribution in [-0.2, 0) is 4.79 Å². The number of likely N-dealkylation sites (tertiary alicyclic amines) is 1. The molecule has 0 spiro atoms. The lowest BCUT2D eigenvalue weighted by Crippen LogP contribution is -2.47. The molecule has 1 saturated heterocycles. The number of rotatable bonds is 6. The summed E-state index contributed by atoms with van der Waals surface area (Å²) in [7, 11) is 0. The summed E-state index contributed by atoms with van der Waals surface area (Å²) in [5.41, 5.74) is 8.13. The smallest absolute Gasteiger partial charge is 0.270 e. The van der Waals surface area contributed by atoms with Crippen LogP contribution in [0.15, 0.2) is 60.7 Å². The summed E-state index contributed by atoms with van der Waals surface area (Å²) < 4.78 is 1.67. The fraction of sp³-hybridized carbons (Fsp3) is 0.261. The molecule has 160 valence electrons. The maximum absolute atomic E-state index is 13.2. The van der Waals surface area contributed by atoms with Crippen molar-refractivity contribution >= 4 is 23.4 Å². The van der Waals surface area contributed by atoms with Crippen LogP contribution in [0, 0.1) is 0 Å². The highest BCUT2D eigenvalue weighted by molar-refractivity contribution is 6.30. The van der Waals surface area contributed by atoms with E-state index in [0.717, 1.165) is 37.2 Å². The molecule has 0 bridgehead atoms. The quantitative estimate of drug-likeness (QED) is 0.620. The zero-order valence-corrected chi connectivity index (χ0v) is 17.8. The molecule has 3 aromatic rings. The standard InChI is InChI=1S/C23H24ClN5O2/c24-17-8-6-16(7-9-17)20-14-21(29(27-20)19-4-2-1-3-5-19)23(31)26-18-10-12-28(13-11-18)15-22(25)30/h1-9,14,18H,10-13,15H2,(H2,25,30)(H,26,31). The van der Waals surface area contributed by atoms with Gasteiger partial charge in [-0.15, -0.1) is 0 Å². The van der Waals surface area contributed by atoms with Gasteiger partial charge in [0.15, 0.2) is 0 Å². The van der Waals surface area contributed by atoms with Crippen molar-refractivity contribution in [2.45, 2.75) is 18.9 Å². The second kappa shape index (κ2) is 9.32. The van der Waals surface area contributed by atoms with Gasteiger partial charge in [-0.25, -0.2) is 4.68 Å². The number of hydrogen-bond acceptors (Lipinski definition) is 4. The Morgan fingerprint density at radius 2 is 1.74 bits per heavy atom. The first-order chi connectivity index (χ1) is 15.0. The molecular formula is C23H24ClN5O2. The first kappa shape index (κ1) is 21.1. The van der Waals surface area contributed by atoms with Crippen LogP contribution in [0.25, 0.3) is 16.9 Å². The number of benzene rings is 2. The van der Waals surface area contributed by atoms with E-state index in [9.17, 15) is 9.59 Å². The summed E-state index contributed by atoms with van der Waals surface area (Å²) in [4.78, 5) is 26.3. The molecule has 0 unspecified atom stereocenters. The molecule has 3 N–H and O–H groups in total. The molecule has 8 heteroatoms. The Bertz CT molecular complexity index is 1060. The van der Waals surface area contributed by atoms with Gasteiger partial charge in [0.05, 0.1) is 17.9 Å². The monoisotopic (exact) mass is 437 g/mol. The zero-order chi connectivity index (χ0) is 21.8. The van der Waals surface area contributed by atoms with E-state index < -0.39 is 0 Å². The lowest BCUT2D eigenvalue weighted by atomic mass is 10.0. The third-order valence-corrected chi connectivity index (χ3v) is 5.64. The summed E-state index contributed by atoms with van der Waals surface area (Å²) >= 11 is 6.01. The molecule has 31 heavy (non-hydrogen) atoms. The Balaban J connectivity index is 1.55. The Morgan fingerprint density at radius 3 is 2.39 bits per heavy atom. The number of piperidine rings is 1. The van der Waals surface area contributed by atoms with Gasteiger partial charge < -0.3 is 11.1 Å². The van der Waals surface area contributed by atoms with Gasteiger partial charge in [0.1, 0.15) is 5.69 Å². The highest BCUT2D eigenvalue weighted by Gasteiger charge is 2.24. The average Bonchev–Trinajstić information content (AvgIpc) is 3.21. The van der Waals surface area contributed by atoms with Gasteiger partial charge in [-0.05, 0) is 43.2 Å². The number of aromatic nitrogens is 2. The fourth-order valence-electron chi connectivity index (χ4n) is 3.79. The zero-order valence-electron chi connectivity index (χ0n) is 17.0. The summed E-state index contributed by atoms with van der Waals surface area (Å²) in [6, 6.07) is 18.8. The molecule has 1 fully saturated rings. The number of carbonyl (C=O) groups excluding carboxylic acids is 2. The molecule has 0 radical (unpaired) electrons. The van der Waals surface area contributed by atoms with Crippen LogP contribution in [0.2, 0.25) is 5.02 Å². The van der Waals surface area contributed by atoms with E-state index >= 15 is 0 Å². The first-order valence-corrected chi connectivity index (χ1v) is 10.6. The number of nitrogens with two attached hydrogens (primary N) is 1.